The minimum Gasteiger partial charge on any atom is -0.272 e. The van der Waals surface area contributed by atoms with Gasteiger partial charge in [-0.3, -0.25) is 20.0 Å². The summed E-state index contributed by atoms with van der Waals surface area (Å²) >= 11 is 0. The van der Waals surface area contributed by atoms with Gasteiger partial charge in [-0.15, -0.1) is 0 Å². The van der Waals surface area contributed by atoms with Crippen molar-refractivity contribution in [1.82, 2.24) is 15.4 Å². The predicted octanol–water partition coefficient (Wildman–Crippen LogP) is 2.84. The van der Waals surface area contributed by atoms with Gasteiger partial charge in [-0.2, -0.15) is 5.01 Å². The summed E-state index contributed by atoms with van der Waals surface area (Å²) in [5.74, 6) is -0.221. The van der Waals surface area contributed by atoms with Gasteiger partial charge in [-0.25, -0.2) is 4.99 Å². The molecular weight excluding hydrogens is 328 g/mol. The topological polar surface area (TPSA) is 74.7 Å². The summed E-state index contributed by atoms with van der Waals surface area (Å²) in [4.78, 5) is 34.1. The molecule has 132 valence electrons. The second-order valence-electron chi connectivity index (χ2n) is 6.65. The number of hydrazine groups is 1. The summed E-state index contributed by atoms with van der Waals surface area (Å²) in [5, 5.41) is 1.17. The fraction of sp³-hybridized carbons (Fsp3) is 0.300. The van der Waals surface area contributed by atoms with E-state index in [2.05, 4.69) is 15.4 Å². The Bertz CT molecular complexity index is 811. The number of carbonyl (C=O) groups excluding carboxylic acids is 2. The fourth-order valence-electron chi connectivity index (χ4n) is 3.67. The van der Waals surface area contributed by atoms with E-state index < -0.39 is 0 Å². The number of aliphatic imine (C=N–C) groups is 1. The van der Waals surface area contributed by atoms with Crippen molar-refractivity contribution >= 4 is 23.3 Å². The van der Waals surface area contributed by atoms with Gasteiger partial charge < -0.3 is 0 Å². The zero-order valence-corrected chi connectivity index (χ0v) is 14.3. The van der Waals surface area contributed by atoms with Crippen LogP contribution in [0.1, 0.15) is 31.2 Å². The first-order chi connectivity index (χ1) is 12.7. The summed E-state index contributed by atoms with van der Waals surface area (Å²) in [6.07, 6.45) is 6.89. The van der Waals surface area contributed by atoms with Gasteiger partial charge >= 0.3 is 0 Å². The van der Waals surface area contributed by atoms with Gasteiger partial charge in [0.25, 0.3) is 11.8 Å². The van der Waals surface area contributed by atoms with Crippen molar-refractivity contribution in [2.45, 2.75) is 25.7 Å². The maximum Gasteiger partial charge on any atom is 0.252 e. The third kappa shape index (κ3) is 3.10. The lowest BCUT2D eigenvalue weighted by Gasteiger charge is -2.19. The minimum absolute atomic E-state index is 0.144. The SMILES string of the molecule is O=C1C2CCCCC2C(=O)N1NC(=Nc1ccccc1)c1ccncc1. The van der Waals surface area contributed by atoms with E-state index in [1.54, 1.807) is 24.5 Å². The van der Waals surface area contributed by atoms with Crippen molar-refractivity contribution < 1.29 is 9.59 Å². The number of rotatable bonds is 3. The van der Waals surface area contributed by atoms with Crippen LogP contribution in [0.5, 0.6) is 0 Å². The monoisotopic (exact) mass is 348 g/mol. The van der Waals surface area contributed by atoms with Crippen LogP contribution in [-0.4, -0.2) is 27.6 Å². The van der Waals surface area contributed by atoms with Gasteiger partial charge in [0.2, 0.25) is 0 Å². The van der Waals surface area contributed by atoms with Gasteiger partial charge in [0.15, 0.2) is 5.84 Å². The fourth-order valence-corrected chi connectivity index (χ4v) is 3.67. The summed E-state index contributed by atoms with van der Waals surface area (Å²) in [5.41, 5.74) is 4.50. The second kappa shape index (κ2) is 7.07. The Morgan fingerprint density at radius 3 is 2.19 bits per heavy atom. The maximum atomic E-state index is 12.7. The Hall–Kier alpha value is -3.02. The maximum absolute atomic E-state index is 12.7. The number of para-hydroxylation sites is 1. The van der Waals surface area contributed by atoms with Crippen LogP contribution in [0, 0.1) is 11.8 Å². The molecule has 1 saturated carbocycles. The number of nitrogens with one attached hydrogen (secondary N) is 1. The van der Waals surface area contributed by atoms with Crippen molar-refractivity contribution in [2.24, 2.45) is 16.8 Å². The largest absolute Gasteiger partial charge is 0.272 e. The van der Waals surface area contributed by atoms with E-state index in [9.17, 15) is 9.59 Å². The molecule has 1 saturated heterocycles. The molecule has 6 nitrogen and oxygen atoms in total. The number of pyridine rings is 1. The molecule has 2 fully saturated rings. The molecule has 26 heavy (non-hydrogen) atoms. The molecule has 1 aromatic carbocycles. The van der Waals surface area contributed by atoms with Gasteiger partial charge in [-0.05, 0) is 37.1 Å². The van der Waals surface area contributed by atoms with Crippen LogP contribution in [0.15, 0.2) is 59.9 Å². The molecule has 1 aliphatic carbocycles. The molecular formula is C20H20N4O2. The number of benzene rings is 1. The molecule has 2 heterocycles. The van der Waals surface area contributed by atoms with Crippen LogP contribution >= 0.6 is 0 Å². The lowest BCUT2D eigenvalue weighted by molar-refractivity contribution is -0.142. The predicted molar refractivity (Wildman–Crippen MR) is 97.3 cm³/mol. The second-order valence-corrected chi connectivity index (χ2v) is 6.65. The molecule has 1 N–H and O–H groups in total. The standard InChI is InChI=1S/C20H20N4O2/c25-19-16-8-4-5-9-17(16)20(26)24(19)23-18(14-10-12-21-13-11-14)22-15-6-2-1-3-7-15/h1-3,6-7,10-13,16-17H,4-5,8-9H2,(H,22,23). The van der Waals surface area contributed by atoms with Crippen LogP contribution < -0.4 is 5.43 Å². The number of hydrogen-bond acceptors (Lipinski definition) is 4. The molecule has 1 aliphatic heterocycles. The van der Waals surface area contributed by atoms with E-state index in [0.717, 1.165) is 36.9 Å². The average Bonchev–Trinajstić information content (AvgIpc) is 2.94. The van der Waals surface area contributed by atoms with E-state index >= 15 is 0 Å². The third-order valence-corrected chi connectivity index (χ3v) is 5.01. The van der Waals surface area contributed by atoms with Crippen molar-refractivity contribution in [3.63, 3.8) is 0 Å². The van der Waals surface area contributed by atoms with Crippen LogP contribution in [0.2, 0.25) is 0 Å². The first-order valence-electron chi connectivity index (χ1n) is 8.92. The number of amidine groups is 1. The summed E-state index contributed by atoms with van der Waals surface area (Å²) in [6.45, 7) is 0. The van der Waals surface area contributed by atoms with E-state index in [-0.39, 0.29) is 23.7 Å². The van der Waals surface area contributed by atoms with Gasteiger partial charge in [0, 0.05) is 18.0 Å². The van der Waals surface area contributed by atoms with Crippen molar-refractivity contribution in [3.05, 3.63) is 60.4 Å². The summed E-state index contributed by atoms with van der Waals surface area (Å²) in [7, 11) is 0. The Kier molecular flexibility index (Phi) is 4.48. The Balaban J connectivity index is 1.66. The van der Waals surface area contributed by atoms with Gasteiger partial charge in [-0.1, -0.05) is 31.0 Å². The number of nitrogens with zero attached hydrogens (tertiary/aromatic N) is 3. The molecule has 0 spiro atoms. The first-order valence-corrected chi connectivity index (χ1v) is 8.92. The van der Waals surface area contributed by atoms with Crippen molar-refractivity contribution in [1.29, 1.82) is 0 Å². The number of aromatic nitrogens is 1. The lowest BCUT2D eigenvalue weighted by atomic mass is 9.81. The van der Waals surface area contributed by atoms with E-state index in [1.165, 1.54) is 5.01 Å². The van der Waals surface area contributed by atoms with Crippen molar-refractivity contribution in [2.75, 3.05) is 0 Å². The zero-order chi connectivity index (χ0) is 17.9. The first kappa shape index (κ1) is 16.4. The van der Waals surface area contributed by atoms with E-state index in [4.69, 9.17) is 0 Å². The average molecular weight is 348 g/mol. The lowest BCUT2D eigenvalue weighted by Crippen LogP contribution is -2.46. The molecule has 2 amide bonds. The molecule has 0 bridgehead atoms. The number of imide groups is 1. The molecule has 2 unspecified atom stereocenters. The quantitative estimate of drug-likeness (QED) is 0.526. The van der Waals surface area contributed by atoms with Crippen LogP contribution in [0.4, 0.5) is 5.69 Å². The molecule has 1 aromatic heterocycles. The van der Waals surface area contributed by atoms with E-state index in [0.29, 0.717) is 5.84 Å². The minimum atomic E-state index is -0.195. The Morgan fingerprint density at radius 1 is 0.962 bits per heavy atom. The molecule has 6 heteroatoms. The number of carbonyl (C=O) groups is 2. The molecule has 4 rings (SSSR count). The number of hydrogen-bond donors (Lipinski definition) is 1. The number of fused-ring (bicyclic) bond motifs is 1. The molecule has 2 atom stereocenters. The number of amides is 2. The molecule has 2 aliphatic rings. The summed E-state index contributed by atoms with van der Waals surface area (Å²) in [6, 6.07) is 13.0. The highest BCUT2D eigenvalue weighted by Gasteiger charge is 2.48. The van der Waals surface area contributed by atoms with Crippen LogP contribution in [0.3, 0.4) is 0 Å². The highest BCUT2D eigenvalue weighted by atomic mass is 16.2. The van der Waals surface area contributed by atoms with Crippen molar-refractivity contribution in [3.8, 4) is 0 Å². The highest BCUT2D eigenvalue weighted by Crippen LogP contribution is 2.37. The summed E-state index contributed by atoms with van der Waals surface area (Å²) < 4.78 is 0. The molecule has 0 radical (unpaired) electrons. The van der Waals surface area contributed by atoms with Gasteiger partial charge in [0.1, 0.15) is 0 Å². The highest BCUT2D eigenvalue weighted by molar-refractivity contribution is 6.09. The molecule has 2 aromatic rings. The van der Waals surface area contributed by atoms with Crippen LogP contribution in [-0.2, 0) is 9.59 Å². The zero-order valence-electron chi connectivity index (χ0n) is 14.3. The Morgan fingerprint density at radius 2 is 1.58 bits per heavy atom. The van der Waals surface area contributed by atoms with Crippen LogP contribution in [0.25, 0.3) is 0 Å². The smallest absolute Gasteiger partial charge is 0.252 e. The Labute approximate surface area is 151 Å². The van der Waals surface area contributed by atoms with Gasteiger partial charge in [0.05, 0.1) is 17.5 Å². The normalized spacial score (nSPS) is 23.1. The third-order valence-electron chi connectivity index (χ3n) is 5.01. The van der Waals surface area contributed by atoms with E-state index in [1.807, 2.05) is 30.3 Å².